The number of hydrogen-bond donors (Lipinski definition) is 1. The van der Waals surface area contributed by atoms with Gasteiger partial charge in [0.05, 0.1) is 16.3 Å². The van der Waals surface area contributed by atoms with E-state index in [2.05, 4.69) is 37.9 Å². The first-order valence-corrected chi connectivity index (χ1v) is 8.53. The van der Waals surface area contributed by atoms with Crippen molar-refractivity contribution in [2.24, 2.45) is 0 Å². The first-order chi connectivity index (χ1) is 10.9. The molecule has 0 bridgehead atoms. The number of aromatic nitrogens is 2. The molecule has 5 nitrogen and oxygen atoms in total. The molecule has 1 aromatic carbocycles. The maximum Gasteiger partial charge on any atom is 0.251 e. The van der Waals surface area contributed by atoms with Crippen LogP contribution < -0.4 is 5.32 Å². The maximum atomic E-state index is 12.8. The third-order valence-corrected chi connectivity index (χ3v) is 4.67. The summed E-state index contributed by atoms with van der Waals surface area (Å²) in [6, 6.07) is 5.48. The molecule has 0 unspecified atom stereocenters. The van der Waals surface area contributed by atoms with Crippen LogP contribution in [0.3, 0.4) is 0 Å². The molecule has 3 rings (SSSR count). The van der Waals surface area contributed by atoms with Gasteiger partial charge in [-0.2, -0.15) is 5.10 Å². The molecule has 1 amide bonds. The quantitative estimate of drug-likeness (QED) is 0.593. The fourth-order valence-corrected chi connectivity index (χ4v) is 2.84. The monoisotopic (exact) mass is 420 g/mol. The Kier molecular flexibility index (Phi) is 4.15. The SMILES string of the molecule is [C-]#[N+]c1ccc(NC(=O)C(C)(C)n2cc(I)cn2)c(C2CC2)c1. The standard InChI is InChI=1S/C17H17IN4O/c1-17(2,22-10-12(18)9-20-22)16(23)21-15-7-6-13(19-3)8-14(15)11-4-5-11/h6-11H,4-5H2,1-2H3,(H,21,23). The topological polar surface area (TPSA) is 51.3 Å². The molecule has 0 saturated heterocycles. The number of carbonyl (C=O) groups excluding carboxylic acids is 1. The third kappa shape index (κ3) is 3.24. The zero-order chi connectivity index (χ0) is 16.6. The van der Waals surface area contributed by atoms with Crippen LogP contribution in [-0.2, 0) is 10.3 Å². The van der Waals surface area contributed by atoms with Crippen LogP contribution in [0.25, 0.3) is 4.85 Å². The zero-order valence-corrected chi connectivity index (χ0v) is 15.2. The van der Waals surface area contributed by atoms with Crippen molar-refractivity contribution < 1.29 is 4.79 Å². The predicted molar refractivity (Wildman–Crippen MR) is 97.6 cm³/mol. The molecule has 1 N–H and O–H groups in total. The van der Waals surface area contributed by atoms with Gasteiger partial charge in [-0.15, -0.1) is 0 Å². The van der Waals surface area contributed by atoms with Crippen LogP contribution in [0.5, 0.6) is 0 Å². The summed E-state index contributed by atoms with van der Waals surface area (Å²) < 4.78 is 2.66. The van der Waals surface area contributed by atoms with Gasteiger partial charge in [0.2, 0.25) is 0 Å². The van der Waals surface area contributed by atoms with Crippen LogP contribution in [0.15, 0.2) is 30.6 Å². The van der Waals surface area contributed by atoms with Gasteiger partial charge < -0.3 is 5.32 Å². The first kappa shape index (κ1) is 16.0. The van der Waals surface area contributed by atoms with Crippen molar-refractivity contribution in [3.05, 3.63) is 51.1 Å². The Labute approximate surface area is 149 Å². The lowest BCUT2D eigenvalue weighted by Gasteiger charge is -2.25. The van der Waals surface area contributed by atoms with Crippen LogP contribution >= 0.6 is 22.6 Å². The molecular formula is C17H17IN4O. The number of rotatable bonds is 4. The number of benzene rings is 1. The molecule has 23 heavy (non-hydrogen) atoms. The molecule has 1 aliphatic carbocycles. The number of nitrogens with zero attached hydrogens (tertiary/aromatic N) is 3. The van der Waals surface area contributed by atoms with Gasteiger partial charge in [-0.25, -0.2) is 4.85 Å². The Morgan fingerprint density at radius 1 is 1.48 bits per heavy atom. The fraction of sp³-hybridized carbons (Fsp3) is 0.353. The van der Waals surface area contributed by atoms with Gasteiger partial charge in [0.15, 0.2) is 5.69 Å². The number of amides is 1. The molecule has 118 valence electrons. The molecule has 1 heterocycles. The van der Waals surface area contributed by atoms with Crippen molar-refractivity contribution in [3.8, 4) is 0 Å². The van der Waals surface area contributed by atoms with Crippen LogP contribution in [0.1, 0.15) is 38.2 Å². The van der Waals surface area contributed by atoms with Gasteiger partial charge >= 0.3 is 0 Å². The summed E-state index contributed by atoms with van der Waals surface area (Å²) >= 11 is 2.17. The van der Waals surface area contributed by atoms with Crippen LogP contribution in [0.2, 0.25) is 0 Å². The molecule has 0 aliphatic heterocycles. The van der Waals surface area contributed by atoms with E-state index in [9.17, 15) is 4.79 Å². The number of halogens is 1. The Hall–Kier alpha value is -1.88. The highest BCUT2D eigenvalue weighted by Gasteiger charge is 2.33. The summed E-state index contributed by atoms with van der Waals surface area (Å²) in [6.45, 7) is 10.8. The maximum absolute atomic E-state index is 12.8. The van der Waals surface area contributed by atoms with Crippen LogP contribution in [0, 0.1) is 10.1 Å². The van der Waals surface area contributed by atoms with Gasteiger partial charge in [0, 0.05) is 11.9 Å². The van der Waals surface area contributed by atoms with Crippen molar-refractivity contribution >= 4 is 39.9 Å². The van der Waals surface area contributed by atoms with Gasteiger partial charge in [-0.3, -0.25) is 9.48 Å². The van der Waals surface area contributed by atoms with E-state index in [1.807, 2.05) is 32.2 Å². The van der Waals surface area contributed by atoms with Crippen molar-refractivity contribution in [3.63, 3.8) is 0 Å². The molecule has 1 saturated carbocycles. The van der Waals surface area contributed by atoms with Crippen molar-refractivity contribution in [1.29, 1.82) is 0 Å². The minimum absolute atomic E-state index is 0.116. The molecule has 1 aromatic heterocycles. The molecular weight excluding hydrogens is 403 g/mol. The normalized spacial score (nSPS) is 14.3. The minimum Gasteiger partial charge on any atom is -0.324 e. The lowest BCUT2D eigenvalue weighted by molar-refractivity contribution is -0.123. The molecule has 0 atom stereocenters. The van der Waals surface area contributed by atoms with E-state index < -0.39 is 5.54 Å². The van der Waals surface area contributed by atoms with Gasteiger partial charge in [0.25, 0.3) is 5.91 Å². The van der Waals surface area contributed by atoms with Crippen LogP contribution in [-0.4, -0.2) is 15.7 Å². The van der Waals surface area contributed by atoms with E-state index in [-0.39, 0.29) is 5.91 Å². The summed E-state index contributed by atoms with van der Waals surface area (Å²) in [7, 11) is 0. The van der Waals surface area contributed by atoms with E-state index in [0.717, 1.165) is 27.7 Å². The second-order valence-electron chi connectivity index (χ2n) is 6.27. The summed E-state index contributed by atoms with van der Waals surface area (Å²) in [5.41, 5.74) is 1.70. The molecule has 6 heteroatoms. The highest BCUT2D eigenvalue weighted by Crippen LogP contribution is 2.44. The second-order valence-corrected chi connectivity index (χ2v) is 7.52. The Morgan fingerprint density at radius 3 is 2.78 bits per heavy atom. The Morgan fingerprint density at radius 2 is 2.22 bits per heavy atom. The van der Waals surface area contributed by atoms with Crippen molar-refractivity contribution in [2.45, 2.75) is 38.1 Å². The third-order valence-electron chi connectivity index (χ3n) is 4.11. The summed E-state index contributed by atoms with van der Waals surface area (Å²) in [4.78, 5) is 16.2. The van der Waals surface area contributed by atoms with E-state index in [1.165, 1.54) is 0 Å². The van der Waals surface area contributed by atoms with Gasteiger partial charge in [-0.05, 0) is 66.8 Å². The van der Waals surface area contributed by atoms with Crippen molar-refractivity contribution in [2.75, 3.05) is 5.32 Å². The van der Waals surface area contributed by atoms with E-state index in [0.29, 0.717) is 11.6 Å². The average molecular weight is 420 g/mol. The summed E-state index contributed by atoms with van der Waals surface area (Å²) in [5.74, 6) is 0.343. The second kappa shape index (κ2) is 5.96. The molecule has 0 spiro atoms. The summed E-state index contributed by atoms with van der Waals surface area (Å²) in [5, 5.41) is 7.28. The van der Waals surface area contributed by atoms with Crippen molar-refractivity contribution in [1.82, 2.24) is 9.78 Å². The van der Waals surface area contributed by atoms with E-state index in [1.54, 1.807) is 16.9 Å². The number of carbonyl (C=O) groups is 1. The smallest absolute Gasteiger partial charge is 0.251 e. The molecule has 0 radical (unpaired) electrons. The number of nitrogens with one attached hydrogen (secondary N) is 1. The fourth-order valence-electron chi connectivity index (χ4n) is 2.45. The Bertz CT molecular complexity index is 799. The highest BCUT2D eigenvalue weighted by atomic mass is 127. The lowest BCUT2D eigenvalue weighted by Crippen LogP contribution is -2.40. The number of anilines is 1. The zero-order valence-electron chi connectivity index (χ0n) is 13.0. The largest absolute Gasteiger partial charge is 0.324 e. The molecule has 1 aliphatic rings. The van der Waals surface area contributed by atoms with Gasteiger partial charge in [-0.1, -0.05) is 12.1 Å². The summed E-state index contributed by atoms with van der Waals surface area (Å²) in [6.07, 6.45) is 5.82. The number of hydrogen-bond acceptors (Lipinski definition) is 2. The van der Waals surface area contributed by atoms with E-state index >= 15 is 0 Å². The van der Waals surface area contributed by atoms with Gasteiger partial charge in [0.1, 0.15) is 5.54 Å². The predicted octanol–water partition coefficient (Wildman–Crippen LogP) is 4.29. The molecule has 1 fully saturated rings. The first-order valence-electron chi connectivity index (χ1n) is 7.45. The van der Waals surface area contributed by atoms with Crippen LogP contribution in [0.4, 0.5) is 11.4 Å². The highest BCUT2D eigenvalue weighted by molar-refractivity contribution is 14.1. The average Bonchev–Trinajstić information content (AvgIpc) is 3.28. The van der Waals surface area contributed by atoms with E-state index in [4.69, 9.17) is 6.57 Å². The molecule has 2 aromatic rings. The lowest BCUT2D eigenvalue weighted by atomic mass is 10.0. The minimum atomic E-state index is -0.789. The Balaban J connectivity index is 1.87.